The Kier molecular flexibility index (Phi) is 5.08. The van der Waals surface area contributed by atoms with Crippen LogP contribution < -0.4 is 4.90 Å². The summed E-state index contributed by atoms with van der Waals surface area (Å²) >= 11 is 0. The molecule has 1 aromatic rings. The third-order valence-corrected chi connectivity index (χ3v) is 7.53. The van der Waals surface area contributed by atoms with Crippen LogP contribution in [0.25, 0.3) is 0 Å². The number of piperazine rings is 1. The molecular weight excluding hydrogens is 334 g/mol. The van der Waals surface area contributed by atoms with Gasteiger partial charge in [0.05, 0.1) is 5.69 Å². The van der Waals surface area contributed by atoms with Crippen molar-refractivity contribution in [2.24, 2.45) is 5.92 Å². The molecule has 5 heteroatoms. The maximum absolute atomic E-state index is 4.54. The minimum atomic E-state index is 0.718. The topological polar surface area (TPSA) is 35.5 Å². The summed E-state index contributed by atoms with van der Waals surface area (Å²) < 4.78 is 0. The Hall–Kier alpha value is -1.20. The van der Waals surface area contributed by atoms with Gasteiger partial charge < -0.3 is 4.90 Å². The van der Waals surface area contributed by atoms with Gasteiger partial charge in [0.25, 0.3) is 0 Å². The Morgan fingerprint density at radius 3 is 2.30 bits per heavy atom. The number of fused-ring (bicyclic) bond motifs is 1. The molecule has 5 rings (SSSR count). The molecule has 4 aliphatic rings. The maximum Gasteiger partial charge on any atom is 0.151 e. The van der Waals surface area contributed by atoms with Crippen molar-refractivity contribution < 1.29 is 0 Å². The van der Waals surface area contributed by atoms with E-state index in [-0.39, 0.29) is 0 Å². The van der Waals surface area contributed by atoms with E-state index in [2.05, 4.69) is 37.9 Å². The second-order valence-corrected chi connectivity index (χ2v) is 9.45. The third kappa shape index (κ3) is 3.73. The molecule has 1 unspecified atom stereocenters. The molecule has 0 bridgehead atoms. The maximum atomic E-state index is 4.54. The van der Waals surface area contributed by atoms with E-state index in [4.69, 9.17) is 0 Å². The highest BCUT2D eigenvalue weighted by atomic mass is 15.4. The number of hydrogen-bond acceptors (Lipinski definition) is 5. The summed E-state index contributed by atoms with van der Waals surface area (Å²) in [6.45, 7) is 9.68. The number of nitrogens with zero attached hydrogens (tertiary/aromatic N) is 5. The molecule has 2 saturated heterocycles. The molecule has 148 valence electrons. The summed E-state index contributed by atoms with van der Waals surface area (Å²) in [5, 5.41) is 9.08. The van der Waals surface area contributed by atoms with Gasteiger partial charge in [0.1, 0.15) is 0 Å². The third-order valence-electron chi connectivity index (χ3n) is 7.53. The van der Waals surface area contributed by atoms with Crippen LogP contribution in [0, 0.1) is 5.92 Å². The lowest BCUT2D eigenvalue weighted by Crippen LogP contribution is -2.64. The fourth-order valence-electron chi connectivity index (χ4n) is 5.63. The van der Waals surface area contributed by atoms with Crippen molar-refractivity contribution in [2.45, 2.75) is 70.4 Å². The van der Waals surface area contributed by atoms with E-state index < -0.39 is 0 Å². The van der Waals surface area contributed by atoms with Crippen LogP contribution in [0.1, 0.15) is 56.7 Å². The average molecular weight is 370 g/mol. The SMILES string of the molecule is CC1CCc2nnc(N3CC(N4CCN(C5CCCCC5)CC4)C3)cc2C1. The van der Waals surface area contributed by atoms with E-state index in [1.54, 1.807) is 0 Å². The molecule has 3 fully saturated rings. The highest BCUT2D eigenvalue weighted by molar-refractivity contribution is 5.45. The van der Waals surface area contributed by atoms with Crippen LogP contribution >= 0.6 is 0 Å². The summed E-state index contributed by atoms with van der Waals surface area (Å²) in [6, 6.07) is 3.93. The van der Waals surface area contributed by atoms with E-state index >= 15 is 0 Å². The molecule has 3 heterocycles. The summed E-state index contributed by atoms with van der Waals surface area (Å²) in [5.41, 5.74) is 2.69. The fourth-order valence-corrected chi connectivity index (χ4v) is 5.63. The lowest BCUT2D eigenvalue weighted by atomic mass is 9.88. The first-order valence-electron chi connectivity index (χ1n) is 11.3. The molecule has 2 aliphatic carbocycles. The molecule has 0 spiro atoms. The first-order valence-corrected chi connectivity index (χ1v) is 11.3. The second kappa shape index (κ2) is 7.67. The van der Waals surface area contributed by atoms with E-state index in [1.165, 1.54) is 82.4 Å². The van der Waals surface area contributed by atoms with E-state index in [0.29, 0.717) is 0 Å². The van der Waals surface area contributed by atoms with Gasteiger partial charge >= 0.3 is 0 Å². The Morgan fingerprint density at radius 2 is 1.56 bits per heavy atom. The highest BCUT2D eigenvalue weighted by Crippen LogP contribution is 2.29. The van der Waals surface area contributed by atoms with Gasteiger partial charge in [-0.25, -0.2) is 0 Å². The molecule has 0 amide bonds. The number of anilines is 1. The van der Waals surface area contributed by atoms with Gasteiger partial charge in [0, 0.05) is 51.4 Å². The second-order valence-electron chi connectivity index (χ2n) is 9.45. The zero-order valence-corrected chi connectivity index (χ0v) is 16.9. The molecule has 1 aromatic heterocycles. The normalized spacial score (nSPS) is 28.8. The highest BCUT2D eigenvalue weighted by Gasteiger charge is 2.36. The molecule has 27 heavy (non-hydrogen) atoms. The molecular formula is C22H35N5. The Bertz CT molecular complexity index is 642. The molecule has 0 aromatic carbocycles. The van der Waals surface area contributed by atoms with Crippen molar-refractivity contribution in [3.63, 3.8) is 0 Å². The monoisotopic (exact) mass is 369 g/mol. The van der Waals surface area contributed by atoms with Crippen LogP contribution in [0.3, 0.4) is 0 Å². The Balaban J connectivity index is 1.12. The molecule has 5 nitrogen and oxygen atoms in total. The summed E-state index contributed by atoms with van der Waals surface area (Å²) in [6.07, 6.45) is 10.8. The predicted octanol–water partition coefficient (Wildman–Crippen LogP) is 2.74. The predicted molar refractivity (Wildman–Crippen MR) is 109 cm³/mol. The number of aryl methyl sites for hydroxylation is 1. The van der Waals surface area contributed by atoms with Crippen LogP contribution in [0.2, 0.25) is 0 Å². The van der Waals surface area contributed by atoms with Gasteiger partial charge in [-0.2, -0.15) is 5.10 Å². The van der Waals surface area contributed by atoms with Crippen LogP contribution in [-0.4, -0.2) is 71.3 Å². The van der Waals surface area contributed by atoms with Crippen molar-refractivity contribution in [1.82, 2.24) is 20.0 Å². The van der Waals surface area contributed by atoms with Gasteiger partial charge in [0.15, 0.2) is 5.82 Å². The average Bonchev–Trinajstić information content (AvgIpc) is 2.68. The first-order chi connectivity index (χ1) is 13.3. The molecule has 0 radical (unpaired) electrons. The number of rotatable bonds is 3. The quantitative estimate of drug-likeness (QED) is 0.819. The lowest BCUT2D eigenvalue weighted by Gasteiger charge is -2.49. The van der Waals surface area contributed by atoms with Gasteiger partial charge in [-0.1, -0.05) is 26.2 Å². The zero-order valence-electron chi connectivity index (χ0n) is 16.9. The summed E-state index contributed by atoms with van der Waals surface area (Å²) in [4.78, 5) is 7.94. The van der Waals surface area contributed by atoms with Crippen molar-refractivity contribution in [3.05, 3.63) is 17.3 Å². The smallest absolute Gasteiger partial charge is 0.151 e. The molecule has 0 N–H and O–H groups in total. The van der Waals surface area contributed by atoms with Crippen LogP contribution in [-0.2, 0) is 12.8 Å². The van der Waals surface area contributed by atoms with E-state index in [1.807, 2.05) is 0 Å². The first kappa shape index (κ1) is 17.9. The van der Waals surface area contributed by atoms with Crippen molar-refractivity contribution >= 4 is 5.82 Å². The van der Waals surface area contributed by atoms with Gasteiger partial charge in [-0.3, -0.25) is 9.80 Å². The number of hydrogen-bond donors (Lipinski definition) is 0. The van der Waals surface area contributed by atoms with Crippen molar-refractivity contribution in [3.8, 4) is 0 Å². The lowest BCUT2D eigenvalue weighted by molar-refractivity contribution is 0.0486. The van der Waals surface area contributed by atoms with E-state index in [0.717, 1.165) is 43.3 Å². The van der Waals surface area contributed by atoms with Gasteiger partial charge in [0.2, 0.25) is 0 Å². The van der Waals surface area contributed by atoms with Gasteiger partial charge in [-0.15, -0.1) is 5.10 Å². The minimum Gasteiger partial charge on any atom is -0.352 e. The Labute approximate surface area is 164 Å². The van der Waals surface area contributed by atoms with Crippen LogP contribution in [0.5, 0.6) is 0 Å². The van der Waals surface area contributed by atoms with Crippen LogP contribution in [0.15, 0.2) is 6.07 Å². The van der Waals surface area contributed by atoms with Crippen molar-refractivity contribution in [1.29, 1.82) is 0 Å². The zero-order chi connectivity index (χ0) is 18.2. The summed E-state index contributed by atoms with van der Waals surface area (Å²) in [7, 11) is 0. The van der Waals surface area contributed by atoms with Crippen molar-refractivity contribution in [2.75, 3.05) is 44.2 Å². The molecule has 1 atom stereocenters. The van der Waals surface area contributed by atoms with E-state index in [9.17, 15) is 0 Å². The number of aromatic nitrogens is 2. The Morgan fingerprint density at radius 1 is 0.852 bits per heavy atom. The van der Waals surface area contributed by atoms with Gasteiger partial charge in [-0.05, 0) is 49.7 Å². The minimum absolute atomic E-state index is 0.718. The largest absolute Gasteiger partial charge is 0.352 e. The molecule has 1 saturated carbocycles. The fraction of sp³-hybridized carbons (Fsp3) is 0.818. The standard InChI is InChI=1S/C22H35N5/c1-17-7-8-21-18(13-17)14-22(24-23-21)27-15-20(16-27)26-11-9-25(10-12-26)19-5-3-2-4-6-19/h14,17,19-20H,2-13,15-16H2,1H3. The summed E-state index contributed by atoms with van der Waals surface area (Å²) in [5.74, 6) is 1.90. The molecule has 2 aliphatic heterocycles. The van der Waals surface area contributed by atoms with Crippen LogP contribution in [0.4, 0.5) is 5.82 Å².